The molecule has 0 saturated heterocycles. The van der Waals surface area contributed by atoms with Gasteiger partial charge in [0, 0.05) is 11.7 Å². The fraction of sp³-hybridized carbons (Fsp3) is 0.600. The molecule has 2 aliphatic carbocycles. The molecule has 3 rings (SSSR count). The standard InChI is InChI=1S/C15H22N2O2S/c1-9-5-13(20(16,18)19)8-14(10(9)2)17-15-7-11-3-4-12(15)6-11/h5,8,11-12,15,17H,3-4,6-7H2,1-2H3,(H2,16,18,19). The van der Waals surface area contributed by atoms with Crippen molar-refractivity contribution in [3.8, 4) is 0 Å². The molecule has 5 heteroatoms. The summed E-state index contributed by atoms with van der Waals surface area (Å²) in [6.07, 6.45) is 5.20. The first-order chi connectivity index (χ1) is 9.34. The average Bonchev–Trinajstić information content (AvgIpc) is 2.95. The Labute approximate surface area is 120 Å². The normalized spacial score (nSPS) is 28.9. The fourth-order valence-corrected chi connectivity index (χ4v) is 4.38. The van der Waals surface area contributed by atoms with Gasteiger partial charge in [-0.25, -0.2) is 13.6 Å². The van der Waals surface area contributed by atoms with Crippen molar-refractivity contribution in [2.24, 2.45) is 17.0 Å². The lowest BCUT2D eigenvalue weighted by molar-refractivity contribution is 0.439. The number of hydrogen-bond acceptors (Lipinski definition) is 3. The first-order valence-electron chi connectivity index (χ1n) is 7.25. The van der Waals surface area contributed by atoms with Crippen molar-refractivity contribution in [2.75, 3.05) is 5.32 Å². The second kappa shape index (κ2) is 4.74. The van der Waals surface area contributed by atoms with Crippen LogP contribution in [0, 0.1) is 25.7 Å². The highest BCUT2D eigenvalue weighted by Crippen LogP contribution is 2.45. The molecule has 3 unspecified atom stereocenters. The highest BCUT2D eigenvalue weighted by atomic mass is 32.2. The second-order valence-electron chi connectivity index (χ2n) is 6.38. The number of nitrogens with two attached hydrogens (primary N) is 1. The molecule has 1 aromatic rings. The molecule has 2 aliphatic rings. The van der Waals surface area contributed by atoms with Gasteiger partial charge in [-0.1, -0.05) is 6.42 Å². The molecule has 2 fully saturated rings. The number of aryl methyl sites for hydroxylation is 1. The van der Waals surface area contributed by atoms with E-state index in [1.54, 1.807) is 12.1 Å². The maximum atomic E-state index is 11.6. The van der Waals surface area contributed by atoms with E-state index in [1.807, 2.05) is 13.8 Å². The predicted octanol–water partition coefficient (Wildman–Crippen LogP) is 2.55. The van der Waals surface area contributed by atoms with Gasteiger partial charge in [-0.05, 0) is 68.2 Å². The largest absolute Gasteiger partial charge is 0.382 e. The molecule has 0 amide bonds. The van der Waals surface area contributed by atoms with Crippen molar-refractivity contribution in [3.63, 3.8) is 0 Å². The number of hydrogen-bond donors (Lipinski definition) is 2. The van der Waals surface area contributed by atoms with E-state index < -0.39 is 10.0 Å². The number of primary sulfonamides is 1. The van der Waals surface area contributed by atoms with E-state index in [1.165, 1.54) is 25.7 Å². The highest BCUT2D eigenvalue weighted by Gasteiger charge is 2.39. The molecule has 0 spiro atoms. The lowest BCUT2D eigenvalue weighted by Crippen LogP contribution is -2.26. The van der Waals surface area contributed by atoms with E-state index in [0.29, 0.717) is 6.04 Å². The summed E-state index contributed by atoms with van der Waals surface area (Å²) >= 11 is 0. The van der Waals surface area contributed by atoms with E-state index in [4.69, 9.17) is 5.14 Å². The zero-order valence-corrected chi connectivity index (χ0v) is 12.8. The number of benzene rings is 1. The lowest BCUT2D eigenvalue weighted by Gasteiger charge is -2.25. The van der Waals surface area contributed by atoms with Gasteiger partial charge in [-0.2, -0.15) is 0 Å². The van der Waals surface area contributed by atoms with Gasteiger partial charge in [0.25, 0.3) is 0 Å². The van der Waals surface area contributed by atoms with Crippen LogP contribution >= 0.6 is 0 Å². The van der Waals surface area contributed by atoms with E-state index in [0.717, 1.165) is 28.7 Å². The molecule has 2 bridgehead atoms. The van der Waals surface area contributed by atoms with Crippen molar-refractivity contribution in [3.05, 3.63) is 23.3 Å². The van der Waals surface area contributed by atoms with Crippen molar-refractivity contribution in [2.45, 2.75) is 50.5 Å². The zero-order valence-electron chi connectivity index (χ0n) is 12.0. The van der Waals surface area contributed by atoms with Crippen LogP contribution in [0.1, 0.15) is 36.8 Å². The molecule has 20 heavy (non-hydrogen) atoms. The quantitative estimate of drug-likeness (QED) is 0.900. The van der Waals surface area contributed by atoms with Gasteiger partial charge in [0.05, 0.1) is 4.90 Å². The Hall–Kier alpha value is -1.07. The van der Waals surface area contributed by atoms with Crippen LogP contribution in [0.2, 0.25) is 0 Å². The van der Waals surface area contributed by atoms with Gasteiger partial charge < -0.3 is 5.32 Å². The third-order valence-electron chi connectivity index (χ3n) is 5.05. The third kappa shape index (κ3) is 2.44. The molecule has 110 valence electrons. The van der Waals surface area contributed by atoms with Crippen LogP contribution < -0.4 is 10.5 Å². The highest BCUT2D eigenvalue weighted by molar-refractivity contribution is 7.89. The third-order valence-corrected chi connectivity index (χ3v) is 5.94. The van der Waals surface area contributed by atoms with Crippen LogP contribution in [0.3, 0.4) is 0 Å². The molecule has 0 heterocycles. The Kier molecular flexibility index (Phi) is 3.29. The first kappa shape index (κ1) is 13.9. The summed E-state index contributed by atoms with van der Waals surface area (Å²) in [5.74, 6) is 1.61. The van der Waals surface area contributed by atoms with Crippen molar-refractivity contribution < 1.29 is 8.42 Å². The van der Waals surface area contributed by atoms with Crippen LogP contribution in [0.4, 0.5) is 5.69 Å². The average molecular weight is 294 g/mol. The van der Waals surface area contributed by atoms with Gasteiger partial charge in [0.2, 0.25) is 10.0 Å². The summed E-state index contributed by atoms with van der Waals surface area (Å²) in [5.41, 5.74) is 2.99. The van der Waals surface area contributed by atoms with E-state index >= 15 is 0 Å². The minimum absolute atomic E-state index is 0.200. The zero-order chi connectivity index (χ0) is 14.5. The molecule has 0 radical (unpaired) electrons. The number of sulfonamides is 1. The Balaban J connectivity index is 1.91. The van der Waals surface area contributed by atoms with Gasteiger partial charge in [-0.15, -0.1) is 0 Å². The maximum absolute atomic E-state index is 11.6. The topological polar surface area (TPSA) is 72.2 Å². The van der Waals surface area contributed by atoms with Crippen LogP contribution in [0.15, 0.2) is 17.0 Å². The summed E-state index contributed by atoms with van der Waals surface area (Å²) in [6.45, 7) is 3.95. The van der Waals surface area contributed by atoms with Crippen molar-refractivity contribution in [1.82, 2.24) is 0 Å². The van der Waals surface area contributed by atoms with Gasteiger partial charge in [-0.3, -0.25) is 0 Å². The predicted molar refractivity (Wildman–Crippen MR) is 80.1 cm³/mol. The number of rotatable bonds is 3. The maximum Gasteiger partial charge on any atom is 0.238 e. The van der Waals surface area contributed by atoms with Crippen LogP contribution in [0.5, 0.6) is 0 Å². The summed E-state index contributed by atoms with van der Waals surface area (Å²) in [7, 11) is -3.65. The molecule has 1 aromatic carbocycles. The lowest BCUT2D eigenvalue weighted by atomic mass is 9.94. The van der Waals surface area contributed by atoms with Crippen molar-refractivity contribution >= 4 is 15.7 Å². The Bertz CT molecular complexity index is 640. The molecule has 0 aliphatic heterocycles. The van der Waals surface area contributed by atoms with E-state index in [9.17, 15) is 8.42 Å². The van der Waals surface area contributed by atoms with Crippen LogP contribution in [-0.4, -0.2) is 14.5 Å². The summed E-state index contributed by atoms with van der Waals surface area (Å²) in [4.78, 5) is 0.200. The Morgan fingerprint density at radius 1 is 1.20 bits per heavy atom. The van der Waals surface area contributed by atoms with Gasteiger partial charge in [0.15, 0.2) is 0 Å². The molecular weight excluding hydrogens is 272 g/mol. The smallest absolute Gasteiger partial charge is 0.238 e. The minimum atomic E-state index is -3.65. The Morgan fingerprint density at radius 2 is 1.95 bits per heavy atom. The van der Waals surface area contributed by atoms with Crippen LogP contribution in [0.25, 0.3) is 0 Å². The Morgan fingerprint density at radius 3 is 2.50 bits per heavy atom. The summed E-state index contributed by atoms with van der Waals surface area (Å²) in [5, 5.41) is 8.83. The minimum Gasteiger partial charge on any atom is -0.382 e. The van der Waals surface area contributed by atoms with Gasteiger partial charge >= 0.3 is 0 Å². The summed E-state index contributed by atoms with van der Waals surface area (Å²) in [6, 6.07) is 3.82. The molecular formula is C15H22N2O2S. The molecule has 0 aromatic heterocycles. The number of nitrogens with one attached hydrogen (secondary N) is 1. The van der Waals surface area contributed by atoms with Crippen molar-refractivity contribution in [1.29, 1.82) is 0 Å². The second-order valence-corrected chi connectivity index (χ2v) is 7.94. The van der Waals surface area contributed by atoms with Crippen LogP contribution in [-0.2, 0) is 10.0 Å². The monoisotopic (exact) mass is 294 g/mol. The molecule has 3 atom stereocenters. The van der Waals surface area contributed by atoms with Gasteiger partial charge in [0.1, 0.15) is 0 Å². The number of anilines is 1. The SMILES string of the molecule is Cc1cc(S(N)(=O)=O)cc(NC2CC3CCC2C3)c1C. The number of fused-ring (bicyclic) bond motifs is 2. The fourth-order valence-electron chi connectivity index (χ4n) is 3.76. The molecule has 2 saturated carbocycles. The summed E-state index contributed by atoms with van der Waals surface area (Å²) < 4.78 is 23.1. The van der Waals surface area contributed by atoms with E-state index in [-0.39, 0.29) is 4.90 Å². The first-order valence-corrected chi connectivity index (χ1v) is 8.80. The van der Waals surface area contributed by atoms with E-state index in [2.05, 4.69) is 5.32 Å². The molecule has 3 N–H and O–H groups in total. The molecule has 4 nitrogen and oxygen atoms in total.